The minimum Gasteiger partial charge on any atom is -0.508 e. The fraction of sp³-hybridized carbons (Fsp3) is 0.500. The van der Waals surface area contributed by atoms with Gasteiger partial charge in [-0.25, -0.2) is 0 Å². The molecule has 0 radical (unpaired) electrons. The molecule has 1 aromatic rings. The van der Waals surface area contributed by atoms with E-state index in [1.165, 1.54) is 24.8 Å². The molecule has 74 valence electrons. The first-order valence-electron chi connectivity index (χ1n) is 5.13. The highest BCUT2D eigenvalue weighted by Crippen LogP contribution is 2.78. The zero-order chi connectivity index (χ0) is 9.81. The van der Waals surface area contributed by atoms with Gasteiger partial charge in [-0.15, -0.1) is 0 Å². The average Bonchev–Trinajstić information content (AvgIpc) is 3.09. The third-order valence-corrected chi connectivity index (χ3v) is 4.61. The molecule has 2 aliphatic rings. The van der Waals surface area contributed by atoms with Crippen LogP contribution in [0.2, 0.25) is 0 Å². The molecule has 1 atom stereocenters. The maximum atomic E-state index is 9.24. The molecule has 1 N–H and O–H groups in total. The van der Waals surface area contributed by atoms with Crippen LogP contribution in [0.5, 0.6) is 5.75 Å². The molecule has 0 aliphatic heterocycles. The van der Waals surface area contributed by atoms with Crippen molar-refractivity contribution in [3.63, 3.8) is 0 Å². The lowest BCUT2D eigenvalue weighted by atomic mass is 9.94. The molecule has 0 saturated heterocycles. The summed E-state index contributed by atoms with van der Waals surface area (Å²) in [7, 11) is 0. The van der Waals surface area contributed by atoms with Crippen LogP contribution in [0.25, 0.3) is 0 Å². The van der Waals surface area contributed by atoms with Gasteiger partial charge in [0.25, 0.3) is 0 Å². The molecule has 1 unspecified atom stereocenters. The van der Waals surface area contributed by atoms with Gasteiger partial charge < -0.3 is 5.11 Å². The normalized spacial score (nSPS) is 31.8. The van der Waals surface area contributed by atoms with E-state index in [9.17, 15) is 5.11 Å². The summed E-state index contributed by atoms with van der Waals surface area (Å²) in [5.74, 6) is 1.30. The zero-order valence-electron chi connectivity index (χ0n) is 8.03. The van der Waals surface area contributed by atoms with Crippen molar-refractivity contribution in [2.45, 2.75) is 24.7 Å². The van der Waals surface area contributed by atoms with Crippen molar-refractivity contribution in [1.82, 2.24) is 0 Å². The van der Waals surface area contributed by atoms with Gasteiger partial charge in [0.1, 0.15) is 5.75 Å². The van der Waals surface area contributed by atoms with Crippen molar-refractivity contribution in [1.29, 1.82) is 0 Å². The van der Waals surface area contributed by atoms with E-state index in [0.717, 1.165) is 5.75 Å². The molecule has 0 aromatic heterocycles. The molecular weight excluding hydrogens is 192 g/mol. The number of hydrogen-bond donors (Lipinski definition) is 2. The van der Waals surface area contributed by atoms with Gasteiger partial charge in [0.05, 0.1) is 0 Å². The van der Waals surface area contributed by atoms with E-state index >= 15 is 0 Å². The Morgan fingerprint density at radius 2 is 1.86 bits per heavy atom. The lowest BCUT2D eigenvalue weighted by Gasteiger charge is -2.14. The molecule has 2 fully saturated rings. The predicted molar refractivity (Wildman–Crippen MR) is 59.9 cm³/mol. The van der Waals surface area contributed by atoms with Gasteiger partial charge in [0.2, 0.25) is 0 Å². The minimum atomic E-state index is 0.337. The van der Waals surface area contributed by atoms with Gasteiger partial charge in [-0.05, 0) is 42.4 Å². The Hall–Kier alpha value is -0.630. The summed E-state index contributed by atoms with van der Waals surface area (Å²) >= 11 is 4.49. The van der Waals surface area contributed by atoms with E-state index in [1.807, 2.05) is 0 Å². The summed E-state index contributed by atoms with van der Waals surface area (Å²) in [6.07, 6.45) is 4.04. The molecule has 2 heteroatoms. The number of rotatable bonds is 2. The van der Waals surface area contributed by atoms with E-state index in [4.69, 9.17) is 0 Å². The third kappa shape index (κ3) is 0.924. The molecule has 0 heterocycles. The predicted octanol–water partition coefficient (Wildman–Crippen LogP) is 2.74. The second-order valence-corrected chi connectivity index (χ2v) is 5.06. The quantitative estimate of drug-likeness (QED) is 0.713. The van der Waals surface area contributed by atoms with Crippen molar-refractivity contribution in [3.8, 4) is 5.75 Å². The highest BCUT2D eigenvalue weighted by molar-refractivity contribution is 7.80. The molecule has 1 nitrogen and oxygen atoms in total. The van der Waals surface area contributed by atoms with Crippen LogP contribution in [0, 0.1) is 5.41 Å². The zero-order valence-corrected chi connectivity index (χ0v) is 8.93. The second kappa shape index (κ2) is 2.48. The molecule has 1 aromatic carbocycles. The van der Waals surface area contributed by atoms with Crippen LogP contribution in [0.15, 0.2) is 24.3 Å². The maximum absolute atomic E-state index is 9.24. The number of phenolic OH excluding ortho intramolecular Hbond substituents is 1. The smallest absolute Gasteiger partial charge is 0.115 e. The first kappa shape index (κ1) is 8.66. The van der Waals surface area contributed by atoms with Gasteiger partial charge in [0, 0.05) is 11.2 Å². The number of benzene rings is 1. The summed E-state index contributed by atoms with van der Waals surface area (Å²) in [5, 5.41) is 9.24. The topological polar surface area (TPSA) is 20.2 Å². The fourth-order valence-corrected chi connectivity index (χ4v) is 3.47. The van der Waals surface area contributed by atoms with Crippen LogP contribution < -0.4 is 0 Å². The van der Waals surface area contributed by atoms with Crippen molar-refractivity contribution in [3.05, 3.63) is 29.8 Å². The van der Waals surface area contributed by atoms with Crippen LogP contribution >= 0.6 is 12.6 Å². The van der Waals surface area contributed by atoms with Crippen molar-refractivity contribution in [2.75, 3.05) is 5.75 Å². The summed E-state index contributed by atoms with van der Waals surface area (Å²) in [5.41, 5.74) is 2.30. The van der Waals surface area contributed by atoms with Crippen molar-refractivity contribution >= 4 is 12.6 Å². The van der Waals surface area contributed by atoms with Crippen LogP contribution in [0.4, 0.5) is 0 Å². The maximum Gasteiger partial charge on any atom is 0.115 e. The highest BCUT2D eigenvalue weighted by atomic mass is 32.1. The van der Waals surface area contributed by atoms with E-state index in [-0.39, 0.29) is 0 Å². The monoisotopic (exact) mass is 206 g/mol. The number of hydrogen-bond acceptors (Lipinski definition) is 2. The number of aromatic hydroxyl groups is 1. The summed E-state index contributed by atoms with van der Waals surface area (Å²) in [4.78, 5) is 0. The van der Waals surface area contributed by atoms with Crippen LogP contribution in [0.3, 0.4) is 0 Å². The van der Waals surface area contributed by atoms with Gasteiger partial charge in [0.15, 0.2) is 0 Å². The minimum absolute atomic E-state index is 0.337. The molecule has 0 amide bonds. The summed E-state index contributed by atoms with van der Waals surface area (Å²) in [6, 6.07) is 7.68. The molecule has 14 heavy (non-hydrogen) atoms. The Kier molecular flexibility index (Phi) is 1.54. The van der Waals surface area contributed by atoms with Gasteiger partial charge in [-0.3, -0.25) is 0 Å². The number of phenols is 1. The Labute approximate surface area is 89.6 Å². The lowest BCUT2D eigenvalue weighted by molar-refractivity contribution is 0.474. The van der Waals surface area contributed by atoms with Crippen LogP contribution in [0.1, 0.15) is 24.8 Å². The van der Waals surface area contributed by atoms with Crippen LogP contribution in [-0.4, -0.2) is 10.9 Å². The highest BCUT2D eigenvalue weighted by Gasteiger charge is 2.73. The molecule has 2 saturated carbocycles. The average molecular weight is 206 g/mol. The first-order valence-corrected chi connectivity index (χ1v) is 5.76. The van der Waals surface area contributed by atoms with Crippen molar-refractivity contribution < 1.29 is 5.11 Å². The second-order valence-electron chi connectivity index (χ2n) is 4.74. The molecule has 2 aliphatic carbocycles. The Morgan fingerprint density at radius 3 is 2.29 bits per heavy atom. The van der Waals surface area contributed by atoms with E-state index in [0.29, 0.717) is 16.6 Å². The van der Waals surface area contributed by atoms with Gasteiger partial charge in [-0.2, -0.15) is 12.6 Å². The summed E-state index contributed by atoms with van der Waals surface area (Å²) in [6.45, 7) is 0. The fourth-order valence-electron chi connectivity index (χ4n) is 2.84. The Morgan fingerprint density at radius 1 is 1.21 bits per heavy atom. The van der Waals surface area contributed by atoms with Gasteiger partial charge in [-0.1, -0.05) is 12.1 Å². The van der Waals surface area contributed by atoms with E-state index < -0.39 is 0 Å². The SMILES string of the molecule is Oc1ccc(C2(CS)CC23CC3)cc1. The summed E-state index contributed by atoms with van der Waals surface area (Å²) < 4.78 is 0. The lowest BCUT2D eigenvalue weighted by Crippen LogP contribution is -2.12. The third-order valence-electron chi connectivity index (χ3n) is 4.07. The largest absolute Gasteiger partial charge is 0.508 e. The molecule has 0 bridgehead atoms. The molecular formula is C12H14OS. The first-order chi connectivity index (χ1) is 6.72. The van der Waals surface area contributed by atoms with Crippen LogP contribution in [-0.2, 0) is 5.41 Å². The van der Waals surface area contributed by atoms with E-state index in [2.05, 4.69) is 24.8 Å². The van der Waals surface area contributed by atoms with E-state index in [1.54, 1.807) is 12.1 Å². The standard InChI is InChI=1S/C12H14OS/c13-10-3-1-9(2-4-10)12(8-14)7-11(12)5-6-11/h1-4,13-14H,5-8H2. The van der Waals surface area contributed by atoms with Gasteiger partial charge >= 0.3 is 0 Å². The Balaban J connectivity index is 1.98. The molecule has 3 rings (SSSR count). The van der Waals surface area contributed by atoms with Crippen molar-refractivity contribution in [2.24, 2.45) is 5.41 Å². The molecule has 1 spiro atoms. The number of thiol groups is 1. The Bertz CT molecular complexity index is 366.